The monoisotopic (exact) mass is 359 g/mol. The summed E-state index contributed by atoms with van der Waals surface area (Å²) in [4.78, 5) is 18.7. The van der Waals surface area contributed by atoms with Crippen LogP contribution in [-0.4, -0.2) is 48.0 Å². The van der Waals surface area contributed by atoms with Gasteiger partial charge in [-0.3, -0.25) is 4.79 Å². The number of carboxylic acids is 1. The zero-order valence-electron chi connectivity index (χ0n) is 13.4. The number of aliphatic carboxylic acids is 1. The van der Waals surface area contributed by atoms with Crippen LogP contribution < -0.4 is 14.8 Å². The third-order valence-corrected chi connectivity index (χ3v) is 3.53. The Hall–Kier alpha value is -2.78. The van der Waals surface area contributed by atoms with E-state index in [4.69, 9.17) is 14.6 Å². The smallest absolute Gasteiger partial charge is 0.394 e. The molecule has 2 N–H and O–H groups in total. The van der Waals surface area contributed by atoms with E-state index in [1.165, 1.54) is 20.5 Å². The number of anilines is 1. The van der Waals surface area contributed by atoms with Gasteiger partial charge in [0.15, 0.2) is 0 Å². The van der Waals surface area contributed by atoms with Gasteiger partial charge in [0.05, 0.1) is 31.9 Å². The Morgan fingerprint density at radius 2 is 2.00 bits per heavy atom. The lowest BCUT2D eigenvalue weighted by molar-refractivity contribution is -0.179. The van der Waals surface area contributed by atoms with Crippen molar-refractivity contribution in [2.24, 2.45) is 5.92 Å². The van der Waals surface area contributed by atoms with Gasteiger partial charge in [0.2, 0.25) is 0 Å². The maximum atomic E-state index is 13.0. The predicted octanol–water partition coefficient (Wildman–Crippen LogP) is 2.71. The van der Waals surface area contributed by atoms with Crippen LogP contribution in [0.1, 0.15) is 6.42 Å². The Labute approximate surface area is 140 Å². The number of rotatable bonds is 7. The summed E-state index contributed by atoms with van der Waals surface area (Å²) in [5.74, 6) is -2.66. The second-order valence-corrected chi connectivity index (χ2v) is 5.17. The van der Waals surface area contributed by atoms with Crippen molar-refractivity contribution in [2.45, 2.75) is 12.6 Å². The molecule has 1 atom stereocenters. The van der Waals surface area contributed by atoms with E-state index in [1.807, 2.05) is 0 Å². The van der Waals surface area contributed by atoms with Gasteiger partial charge in [0, 0.05) is 12.6 Å². The van der Waals surface area contributed by atoms with E-state index >= 15 is 0 Å². The molecule has 10 heteroatoms. The molecule has 25 heavy (non-hydrogen) atoms. The molecule has 0 spiro atoms. The summed E-state index contributed by atoms with van der Waals surface area (Å²) in [5.41, 5.74) is 0.391. The van der Waals surface area contributed by atoms with E-state index < -0.39 is 31.0 Å². The number of hydrogen-bond donors (Lipinski definition) is 2. The number of halogens is 3. The molecule has 2 aromatic rings. The van der Waals surface area contributed by atoms with Crippen molar-refractivity contribution >= 4 is 22.7 Å². The number of carboxylic acid groups (broad SMARTS) is 1. The molecule has 0 amide bonds. The molecule has 0 aliphatic carbocycles. The molecule has 0 aliphatic rings. The van der Waals surface area contributed by atoms with Gasteiger partial charge in [-0.05, 0) is 6.07 Å². The molecule has 1 aromatic carbocycles. The first-order valence-electron chi connectivity index (χ1n) is 7.15. The Bertz CT molecular complexity index is 768. The van der Waals surface area contributed by atoms with Crippen molar-refractivity contribution in [1.82, 2.24) is 9.97 Å². The fraction of sp³-hybridized carbons (Fsp3) is 0.400. The lowest BCUT2D eigenvalue weighted by Gasteiger charge is -2.20. The number of nitrogens with one attached hydrogen (secondary N) is 1. The Morgan fingerprint density at radius 1 is 1.28 bits per heavy atom. The number of hydrogen-bond acceptors (Lipinski definition) is 6. The molecule has 0 bridgehead atoms. The number of alkyl halides is 3. The van der Waals surface area contributed by atoms with Crippen molar-refractivity contribution in [2.75, 3.05) is 26.1 Å². The summed E-state index contributed by atoms with van der Waals surface area (Å²) < 4.78 is 49.2. The number of benzene rings is 1. The molecular formula is C15H16F3N3O4. The van der Waals surface area contributed by atoms with E-state index in [0.29, 0.717) is 22.4 Å². The van der Waals surface area contributed by atoms with E-state index in [-0.39, 0.29) is 5.82 Å². The second-order valence-electron chi connectivity index (χ2n) is 5.17. The van der Waals surface area contributed by atoms with E-state index in [1.54, 1.807) is 12.1 Å². The van der Waals surface area contributed by atoms with Crippen molar-refractivity contribution in [1.29, 1.82) is 0 Å². The van der Waals surface area contributed by atoms with Crippen LogP contribution in [0.3, 0.4) is 0 Å². The first-order valence-corrected chi connectivity index (χ1v) is 7.15. The van der Waals surface area contributed by atoms with Crippen LogP contribution in [0.25, 0.3) is 10.9 Å². The highest BCUT2D eigenvalue weighted by Gasteiger charge is 2.40. The van der Waals surface area contributed by atoms with Gasteiger partial charge in [0.25, 0.3) is 0 Å². The lowest BCUT2D eigenvalue weighted by Crippen LogP contribution is -2.32. The Morgan fingerprint density at radius 3 is 2.56 bits per heavy atom. The summed E-state index contributed by atoms with van der Waals surface area (Å²) in [6.45, 7) is -0.637. The van der Waals surface area contributed by atoms with Crippen LogP contribution >= 0.6 is 0 Å². The zero-order chi connectivity index (χ0) is 18.6. The average Bonchev–Trinajstić information content (AvgIpc) is 2.56. The Kier molecular flexibility index (Phi) is 5.50. The standard InChI is InChI=1S/C15H16F3N3O4/c1-24-9-4-10-13(11(5-9)25-2)20-7-21-14(10)19-6-8(3-12(22)23)15(16,17)18/h4-5,7-8H,3,6H2,1-2H3,(H,22,23)(H,19,20,21). The molecular weight excluding hydrogens is 343 g/mol. The van der Waals surface area contributed by atoms with E-state index in [9.17, 15) is 18.0 Å². The largest absolute Gasteiger partial charge is 0.497 e. The summed E-state index contributed by atoms with van der Waals surface area (Å²) in [6, 6.07) is 3.14. The van der Waals surface area contributed by atoms with Gasteiger partial charge < -0.3 is 19.9 Å². The predicted molar refractivity (Wildman–Crippen MR) is 82.9 cm³/mol. The summed E-state index contributed by atoms with van der Waals surface area (Å²) in [7, 11) is 2.86. The molecule has 7 nitrogen and oxygen atoms in total. The topological polar surface area (TPSA) is 93.6 Å². The van der Waals surface area contributed by atoms with Crippen molar-refractivity contribution in [3.05, 3.63) is 18.5 Å². The highest BCUT2D eigenvalue weighted by molar-refractivity contribution is 5.94. The summed E-state index contributed by atoms with van der Waals surface area (Å²) in [5, 5.41) is 11.6. The number of nitrogens with zero attached hydrogens (tertiary/aromatic N) is 2. The zero-order valence-corrected chi connectivity index (χ0v) is 13.4. The van der Waals surface area contributed by atoms with Gasteiger partial charge in [-0.1, -0.05) is 0 Å². The van der Waals surface area contributed by atoms with Gasteiger partial charge in [-0.15, -0.1) is 0 Å². The van der Waals surface area contributed by atoms with Crippen molar-refractivity contribution < 1.29 is 32.5 Å². The van der Waals surface area contributed by atoms with Crippen LogP contribution in [0.15, 0.2) is 18.5 Å². The minimum absolute atomic E-state index is 0.127. The fourth-order valence-corrected chi connectivity index (χ4v) is 2.26. The third-order valence-electron chi connectivity index (χ3n) is 3.53. The molecule has 0 aliphatic heterocycles. The van der Waals surface area contributed by atoms with Crippen LogP contribution in [0.5, 0.6) is 11.5 Å². The molecule has 1 heterocycles. The van der Waals surface area contributed by atoms with E-state index in [0.717, 1.165) is 0 Å². The average molecular weight is 359 g/mol. The number of carbonyl (C=O) groups is 1. The highest BCUT2D eigenvalue weighted by Crippen LogP contribution is 2.34. The quantitative estimate of drug-likeness (QED) is 0.785. The van der Waals surface area contributed by atoms with Crippen LogP contribution in [-0.2, 0) is 4.79 Å². The number of aromatic nitrogens is 2. The van der Waals surface area contributed by atoms with Gasteiger partial charge in [0.1, 0.15) is 29.2 Å². The lowest BCUT2D eigenvalue weighted by atomic mass is 10.1. The first-order chi connectivity index (χ1) is 11.8. The molecule has 136 valence electrons. The number of ether oxygens (including phenoxy) is 2. The normalized spacial score (nSPS) is 12.7. The fourth-order valence-electron chi connectivity index (χ4n) is 2.26. The molecule has 2 rings (SSSR count). The molecule has 0 saturated heterocycles. The van der Waals surface area contributed by atoms with Gasteiger partial charge in [-0.25, -0.2) is 9.97 Å². The SMILES string of the molecule is COc1cc(OC)c2ncnc(NCC(CC(=O)O)C(F)(F)F)c2c1. The van der Waals surface area contributed by atoms with Crippen LogP contribution in [0, 0.1) is 5.92 Å². The molecule has 0 radical (unpaired) electrons. The summed E-state index contributed by atoms with van der Waals surface area (Å²) in [6.07, 6.45) is -4.50. The number of methoxy groups -OCH3 is 2. The number of fused-ring (bicyclic) bond motifs is 1. The maximum Gasteiger partial charge on any atom is 0.394 e. The Balaban J connectivity index is 2.35. The molecule has 1 unspecified atom stereocenters. The van der Waals surface area contributed by atoms with Crippen molar-refractivity contribution in [3.8, 4) is 11.5 Å². The summed E-state index contributed by atoms with van der Waals surface area (Å²) >= 11 is 0. The van der Waals surface area contributed by atoms with Crippen LogP contribution in [0.4, 0.5) is 19.0 Å². The van der Waals surface area contributed by atoms with Crippen LogP contribution in [0.2, 0.25) is 0 Å². The van der Waals surface area contributed by atoms with Crippen molar-refractivity contribution in [3.63, 3.8) is 0 Å². The minimum atomic E-state index is -4.65. The van der Waals surface area contributed by atoms with Gasteiger partial charge in [-0.2, -0.15) is 13.2 Å². The van der Waals surface area contributed by atoms with E-state index in [2.05, 4.69) is 15.3 Å². The second kappa shape index (κ2) is 7.41. The molecule has 0 fully saturated rings. The first kappa shape index (κ1) is 18.6. The third kappa shape index (κ3) is 4.40. The minimum Gasteiger partial charge on any atom is -0.497 e. The maximum absolute atomic E-state index is 13.0. The van der Waals surface area contributed by atoms with Gasteiger partial charge >= 0.3 is 12.1 Å². The molecule has 1 aromatic heterocycles. The highest BCUT2D eigenvalue weighted by atomic mass is 19.4. The molecule has 0 saturated carbocycles.